The van der Waals surface area contributed by atoms with E-state index in [-0.39, 0.29) is 21.1 Å². The largest absolute Gasteiger partial charge is 2.00 e. The average molecular weight is 1030 g/mol. The van der Waals surface area contributed by atoms with Gasteiger partial charge in [0.15, 0.2) is 8.07 Å². The van der Waals surface area contributed by atoms with Crippen molar-refractivity contribution in [3.05, 3.63) is 236 Å². The van der Waals surface area contributed by atoms with Crippen molar-refractivity contribution < 1.29 is 25.5 Å². The number of fused-ring (bicyclic) bond motifs is 12. The summed E-state index contributed by atoms with van der Waals surface area (Å²) in [5, 5.41) is 10.1. The van der Waals surface area contributed by atoms with Gasteiger partial charge in [0.2, 0.25) is 0 Å². The molecule has 0 N–H and O–H groups in total. The fourth-order valence-electron chi connectivity index (χ4n) is 10.5. The topological polar surface area (TPSA) is 38.4 Å². The SMILES string of the molecule is FC(c1[c-]c2c(cc1)c1ccccc1n1ccnc21)c1[c-]c2c(cc1)c1c3c(ccc1n2-c1ccccn1)[Si](c1ccccc1)(c1ccccc1)c1ccccc1N3c1ccccc1.[Pt+2]. The molecule has 0 bridgehead atoms. The minimum atomic E-state index is -3.00. The van der Waals surface area contributed by atoms with Crippen molar-refractivity contribution in [1.82, 2.24) is 18.9 Å². The number of nitrogens with zero attached hydrogens (tertiary/aromatic N) is 5. The van der Waals surface area contributed by atoms with Crippen molar-refractivity contribution >= 4 is 95.0 Å². The molecule has 0 amide bonds. The predicted molar refractivity (Wildman–Crippen MR) is 261 cm³/mol. The van der Waals surface area contributed by atoms with Crippen LogP contribution in [0.15, 0.2) is 213 Å². The van der Waals surface area contributed by atoms with Crippen LogP contribution < -0.4 is 25.6 Å². The Labute approximate surface area is 390 Å². The van der Waals surface area contributed by atoms with Crippen LogP contribution in [0.1, 0.15) is 17.3 Å². The van der Waals surface area contributed by atoms with Gasteiger partial charge in [-0.05, 0) is 74.0 Å². The van der Waals surface area contributed by atoms with Crippen molar-refractivity contribution in [2.75, 3.05) is 4.90 Å². The van der Waals surface area contributed by atoms with Crippen molar-refractivity contribution in [1.29, 1.82) is 0 Å². The molecule has 1 atom stereocenters. The zero-order chi connectivity index (χ0) is 42.4. The summed E-state index contributed by atoms with van der Waals surface area (Å²) in [5.41, 5.74) is 7.66. The number of hydrogen-bond donors (Lipinski definition) is 0. The number of pyridine rings is 2. The molecule has 13 rings (SSSR count). The van der Waals surface area contributed by atoms with Crippen molar-refractivity contribution in [3.63, 3.8) is 0 Å². The molecule has 1 unspecified atom stereocenters. The molecule has 65 heavy (non-hydrogen) atoms. The van der Waals surface area contributed by atoms with E-state index in [1.807, 2.05) is 60.9 Å². The second-order valence-electron chi connectivity index (χ2n) is 16.4. The van der Waals surface area contributed by atoms with Gasteiger partial charge in [0.1, 0.15) is 12.0 Å². The Balaban J connectivity index is 0.00000444. The maximum atomic E-state index is 17.4. The third-order valence-corrected chi connectivity index (χ3v) is 18.0. The molecule has 0 fully saturated rings. The van der Waals surface area contributed by atoms with Gasteiger partial charge < -0.3 is 13.9 Å². The number of hydrogen-bond acceptors (Lipinski definition) is 3. The average Bonchev–Trinajstić information content (AvgIpc) is 4.00. The zero-order valence-corrected chi connectivity index (χ0v) is 38.0. The fraction of sp³-hybridized carbons (Fsp3) is 0.0175. The maximum Gasteiger partial charge on any atom is 2.00 e. The van der Waals surface area contributed by atoms with E-state index < -0.39 is 14.2 Å². The van der Waals surface area contributed by atoms with Crippen LogP contribution in [0.2, 0.25) is 0 Å². The second-order valence-corrected chi connectivity index (χ2v) is 20.2. The zero-order valence-electron chi connectivity index (χ0n) is 34.7. The number of anilines is 3. The minimum Gasteiger partial charge on any atom is -0.340 e. The van der Waals surface area contributed by atoms with E-state index in [1.54, 1.807) is 6.20 Å². The Bertz CT molecular complexity index is 3720. The van der Waals surface area contributed by atoms with Gasteiger partial charge in [-0.2, -0.15) is 18.2 Å². The molecule has 8 aromatic carbocycles. The molecule has 5 nitrogen and oxygen atoms in total. The maximum absolute atomic E-state index is 17.4. The number of alkyl halides is 1. The molecule has 0 spiro atoms. The molecule has 5 heterocycles. The van der Waals surface area contributed by atoms with Gasteiger partial charge in [0, 0.05) is 46.7 Å². The van der Waals surface area contributed by atoms with E-state index in [2.05, 4.69) is 172 Å². The molecular formula is C57H36FN5PtSi. The first-order valence-electron chi connectivity index (χ1n) is 21.5. The smallest absolute Gasteiger partial charge is 0.340 e. The Morgan fingerprint density at radius 1 is 0.523 bits per heavy atom. The molecule has 310 valence electrons. The Hall–Kier alpha value is -7.44. The van der Waals surface area contributed by atoms with Gasteiger partial charge >= 0.3 is 21.1 Å². The third-order valence-electron chi connectivity index (χ3n) is 13.2. The molecule has 0 saturated heterocycles. The second kappa shape index (κ2) is 15.4. The molecule has 4 aromatic heterocycles. The first-order chi connectivity index (χ1) is 31.7. The van der Waals surface area contributed by atoms with Crippen molar-refractivity contribution in [2.24, 2.45) is 0 Å². The van der Waals surface area contributed by atoms with E-state index >= 15 is 4.39 Å². The summed E-state index contributed by atoms with van der Waals surface area (Å²) in [6.45, 7) is 0. The molecule has 0 aliphatic carbocycles. The van der Waals surface area contributed by atoms with E-state index in [0.717, 1.165) is 72.0 Å². The number of aromatic nitrogens is 4. The first-order valence-corrected chi connectivity index (χ1v) is 23.5. The van der Waals surface area contributed by atoms with Crippen LogP contribution in [0.25, 0.3) is 54.9 Å². The van der Waals surface area contributed by atoms with Crippen LogP contribution >= 0.6 is 0 Å². The van der Waals surface area contributed by atoms with Crippen LogP contribution in [0, 0.1) is 12.1 Å². The fourth-order valence-corrected chi connectivity index (χ4v) is 15.6. The Morgan fingerprint density at radius 2 is 1.18 bits per heavy atom. The summed E-state index contributed by atoms with van der Waals surface area (Å²) >= 11 is 0. The normalized spacial score (nSPS) is 13.5. The molecule has 0 radical (unpaired) electrons. The van der Waals surface area contributed by atoms with Crippen LogP contribution in [-0.2, 0) is 21.1 Å². The van der Waals surface area contributed by atoms with Gasteiger partial charge in [-0.25, -0.2) is 9.37 Å². The standard InChI is InChI=1S/C57H36FN5Si.Pt/c58-55(38-27-29-43-44-22-10-11-23-47(44)61-35-34-60-57(61)46(43)36-38)39-28-30-45-50(37-39)63(53-26-14-15-33-59-53)49-31-32-52-56(54(45)49)62(40-16-4-1-5-17-40)48-24-12-13-25-51(48)64(52,41-18-6-2-7-19-41)42-20-8-3-9-21-42;/h1-35,55H;/q-2;+2. The van der Waals surface area contributed by atoms with Crippen molar-refractivity contribution in [2.45, 2.75) is 6.17 Å². The van der Waals surface area contributed by atoms with Crippen LogP contribution in [0.3, 0.4) is 0 Å². The van der Waals surface area contributed by atoms with Gasteiger partial charge in [-0.1, -0.05) is 155 Å². The summed E-state index contributed by atoms with van der Waals surface area (Å²) in [4.78, 5) is 12.1. The predicted octanol–water partition coefficient (Wildman–Crippen LogP) is 11.0. The number of imidazole rings is 1. The molecule has 12 aromatic rings. The van der Waals surface area contributed by atoms with Gasteiger partial charge in [0.25, 0.3) is 0 Å². The number of halogens is 1. The van der Waals surface area contributed by atoms with E-state index in [4.69, 9.17) is 9.97 Å². The van der Waals surface area contributed by atoms with E-state index in [0.29, 0.717) is 11.1 Å². The number of benzene rings is 8. The number of para-hydroxylation sites is 3. The Morgan fingerprint density at radius 3 is 1.94 bits per heavy atom. The van der Waals surface area contributed by atoms with Crippen molar-refractivity contribution in [3.8, 4) is 5.82 Å². The van der Waals surface area contributed by atoms with Gasteiger partial charge in [-0.15, -0.1) is 23.8 Å². The van der Waals surface area contributed by atoms with Gasteiger partial charge in [0.05, 0.1) is 5.65 Å². The summed E-state index contributed by atoms with van der Waals surface area (Å²) < 4.78 is 21.6. The van der Waals surface area contributed by atoms with Gasteiger partial charge in [-0.3, -0.25) is 4.98 Å². The molecule has 1 aliphatic rings. The number of rotatable bonds is 6. The van der Waals surface area contributed by atoms with Crippen LogP contribution in [0.4, 0.5) is 21.5 Å². The molecule has 1 aliphatic heterocycles. The summed E-state index contributed by atoms with van der Waals surface area (Å²) in [5.74, 6) is 0.731. The minimum absolute atomic E-state index is 0. The molecular weight excluding hydrogens is 997 g/mol. The van der Waals surface area contributed by atoms with E-state index in [1.165, 1.54) is 20.7 Å². The first kappa shape index (κ1) is 39.2. The summed E-state index contributed by atoms with van der Waals surface area (Å²) in [7, 11) is -3.00. The quantitative estimate of drug-likeness (QED) is 0.0946. The molecule has 8 heteroatoms. The van der Waals surface area contributed by atoms with E-state index in [9.17, 15) is 0 Å². The Kier molecular flexibility index (Phi) is 9.26. The van der Waals surface area contributed by atoms with Crippen LogP contribution in [-0.4, -0.2) is 27.0 Å². The molecule has 0 saturated carbocycles. The monoisotopic (exact) mass is 1030 g/mol. The van der Waals surface area contributed by atoms with Crippen LogP contribution in [0.5, 0.6) is 0 Å². The summed E-state index contributed by atoms with van der Waals surface area (Å²) in [6, 6.07) is 75.5. The third kappa shape index (κ3) is 5.72. The summed E-state index contributed by atoms with van der Waals surface area (Å²) in [6.07, 6.45) is 4.04.